The first-order chi connectivity index (χ1) is 11.5. The highest BCUT2D eigenvalue weighted by Crippen LogP contribution is 2.44. The zero-order valence-electron chi connectivity index (χ0n) is 13.5. The maximum atomic E-state index is 12.8. The molecular formula is C18H18N2O3S. The maximum Gasteiger partial charge on any atom is 0.352 e. The Bertz CT molecular complexity index is 779. The van der Waals surface area contributed by atoms with Crippen LogP contribution < -0.4 is 10.6 Å². The lowest BCUT2D eigenvalue weighted by molar-refractivity contribution is -0.147. The lowest BCUT2D eigenvalue weighted by atomic mass is 10.2. The molecule has 2 aromatic rings. The van der Waals surface area contributed by atoms with Gasteiger partial charge in [0.15, 0.2) is 0 Å². The van der Waals surface area contributed by atoms with Gasteiger partial charge < -0.3 is 15.4 Å². The largest absolute Gasteiger partial charge is 0.463 e. The van der Waals surface area contributed by atoms with Crippen molar-refractivity contribution in [1.82, 2.24) is 0 Å². The smallest absolute Gasteiger partial charge is 0.352 e. The van der Waals surface area contributed by atoms with Crippen molar-refractivity contribution in [2.45, 2.75) is 23.6 Å². The molecule has 5 nitrogen and oxygen atoms in total. The number of thioether (sulfide) groups is 1. The molecule has 3 rings (SSSR count). The van der Waals surface area contributed by atoms with E-state index in [1.807, 2.05) is 43.3 Å². The van der Waals surface area contributed by atoms with Crippen molar-refractivity contribution in [3.05, 3.63) is 54.1 Å². The molecule has 24 heavy (non-hydrogen) atoms. The predicted octanol–water partition coefficient (Wildman–Crippen LogP) is 3.41. The van der Waals surface area contributed by atoms with E-state index in [9.17, 15) is 9.59 Å². The van der Waals surface area contributed by atoms with E-state index in [1.165, 1.54) is 11.8 Å². The minimum absolute atomic E-state index is 0.200. The van der Waals surface area contributed by atoms with E-state index in [-0.39, 0.29) is 6.61 Å². The van der Waals surface area contributed by atoms with E-state index in [1.54, 1.807) is 19.1 Å². The Morgan fingerprint density at radius 3 is 2.71 bits per heavy atom. The van der Waals surface area contributed by atoms with Gasteiger partial charge in [-0.15, -0.1) is 0 Å². The first kappa shape index (κ1) is 16.4. The lowest BCUT2D eigenvalue weighted by Gasteiger charge is -2.35. The quantitative estimate of drug-likeness (QED) is 0.658. The zero-order chi connectivity index (χ0) is 17.2. The van der Waals surface area contributed by atoms with Crippen LogP contribution in [-0.4, -0.2) is 23.4 Å². The van der Waals surface area contributed by atoms with Gasteiger partial charge in [-0.3, -0.25) is 4.79 Å². The van der Waals surface area contributed by atoms with Crippen LogP contribution in [0.3, 0.4) is 0 Å². The zero-order valence-corrected chi connectivity index (χ0v) is 14.3. The molecule has 1 heterocycles. The standard InChI is InChI=1S/C18H18N2O3S/c1-3-23-17(22)18(20-13-7-5-4-6-8-13)16(21)19-14-10-9-12(2)11-15(14)24-18/h4-11,20H,3H2,1-2H3,(H,19,21). The average Bonchev–Trinajstić information content (AvgIpc) is 2.57. The number of hydrogen-bond acceptors (Lipinski definition) is 5. The van der Waals surface area contributed by atoms with Crippen molar-refractivity contribution in [1.29, 1.82) is 0 Å². The first-order valence-corrected chi connectivity index (χ1v) is 8.48. The normalized spacial score (nSPS) is 19.2. The predicted molar refractivity (Wildman–Crippen MR) is 95.1 cm³/mol. The number of ether oxygens (including phenoxy) is 1. The molecule has 0 aliphatic carbocycles. The summed E-state index contributed by atoms with van der Waals surface area (Å²) >= 11 is 1.17. The number of benzene rings is 2. The van der Waals surface area contributed by atoms with Crippen molar-refractivity contribution in [2.24, 2.45) is 0 Å². The van der Waals surface area contributed by atoms with Crippen LogP contribution in [0, 0.1) is 6.92 Å². The van der Waals surface area contributed by atoms with Gasteiger partial charge >= 0.3 is 5.97 Å². The van der Waals surface area contributed by atoms with Crippen LogP contribution in [0.15, 0.2) is 53.4 Å². The number of hydrogen-bond donors (Lipinski definition) is 2. The molecule has 1 aliphatic rings. The molecule has 124 valence electrons. The minimum atomic E-state index is -1.56. The number of amides is 1. The van der Waals surface area contributed by atoms with Crippen LogP contribution in [0.2, 0.25) is 0 Å². The Morgan fingerprint density at radius 1 is 1.25 bits per heavy atom. The Kier molecular flexibility index (Phi) is 4.49. The first-order valence-electron chi connectivity index (χ1n) is 7.67. The fourth-order valence-electron chi connectivity index (χ4n) is 2.46. The fourth-order valence-corrected chi connectivity index (χ4v) is 3.72. The van der Waals surface area contributed by atoms with Crippen molar-refractivity contribution in [3.63, 3.8) is 0 Å². The Labute approximate surface area is 144 Å². The Hall–Kier alpha value is -2.47. The number of anilines is 2. The third-order valence-electron chi connectivity index (χ3n) is 3.63. The molecule has 1 unspecified atom stereocenters. The number of nitrogens with one attached hydrogen (secondary N) is 2. The number of carbonyl (C=O) groups is 2. The molecule has 0 saturated carbocycles. The van der Waals surface area contributed by atoms with Crippen LogP contribution in [0.5, 0.6) is 0 Å². The van der Waals surface area contributed by atoms with Crippen LogP contribution in [0.4, 0.5) is 11.4 Å². The molecule has 1 atom stereocenters. The van der Waals surface area contributed by atoms with Gasteiger partial charge in [-0.1, -0.05) is 36.0 Å². The minimum Gasteiger partial charge on any atom is -0.463 e. The van der Waals surface area contributed by atoms with Crippen molar-refractivity contribution < 1.29 is 14.3 Å². The second kappa shape index (κ2) is 6.57. The van der Waals surface area contributed by atoms with Gasteiger partial charge in [0.1, 0.15) is 0 Å². The second-order valence-electron chi connectivity index (χ2n) is 5.45. The average molecular weight is 342 g/mol. The summed E-state index contributed by atoms with van der Waals surface area (Å²) in [7, 11) is 0. The summed E-state index contributed by atoms with van der Waals surface area (Å²) < 4.78 is 5.19. The molecule has 0 fully saturated rings. The molecular weight excluding hydrogens is 324 g/mol. The lowest BCUT2D eigenvalue weighted by Crippen LogP contribution is -2.55. The van der Waals surface area contributed by atoms with Gasteiger partial charge in [-0.25, -0.2) is 4.79 Å². The van der Waals surface area contributed by atoms with E-state index in [0.717, 1.165) is 10.5 Å². The number of fused-ring (bicyclic) bond motifs is 1. The molecule has 1 aliphatic heterocycles. The summed E-state index contributed by atoms with van der Waals surface area (Å²) in [6.07, 6.45) is 0. The summed E-state index contributed by atoms with van der Waals surface area (Å²) in [6.45, 7) is 3.89. The van der Waals surface area contributed by atoms with Crippen LogP contribution in [-0.2, 0) is 14.3 Å². The maximum absolute atomic E-state index is 12.8. The SMILES string of the molecule is CCOC(=O)C1(Nc2ccccc2)Sc2cc(C)ccc2NC1=O. The van der Waals surface area contributed by atoms with Crippen LogP contribution in [0.1, 0.15) is 12.5 Å². The third-order valence-corrected chi connectivity index (χ3v) is 4.94. The third kappa shape index (κ3) is 2.97. The Morgan fingerprint density at radius 2 is 2.00 bits per heavy atom. The monoisotopic (exact) mass is 342 g/mol. The molecule has 0 spiro atoms. The molecule has 0 radical (unpaired) electrons. The van der Waals surface area contributed by atoms with E-state index in [2.05, 4.69) is 10.6 Å². The molecule has 0 bridgehead atoms. The fraction of sp³-hybridized carbons (Fsp3) is 0.222. The van der Waals surface area contributed by atoms with Crippen LogP contribution in [0.25, 0.3) is 0 Å². The molecule has 2 N–H and O–H groups in total. The number of para-hydroxylation sites is 1. The number of esters is 1. The number of rotatable bonds is 4. The molecule has 6 heteroatoms. The molecule has 2 aromatic carbocycles. The molecule has 0 saturated heterocycles. The molecule has 1 amide bonds. The highest BCUT2D eigenvalue weighted by atomic mass is 32.2. The van der Waals surface area contributed by atoms with Gasteiger partial charge in [0, 0.05) is 10.6 Å². The van der Waals surface area contributed by atoms with E-state index < -0.39 is 16.7 Å². The Balaban J connectivity index is 2.04. The number of carbonyl (C=O) groups excluding carboxylic acids is 2. The highest BCUT2D eigenvalue weighted by molar-refractivity contribution is 8.02. The van der Waals surface area contributed by atoms with E-state index >= 15 is 0 Å². The summed E-state index contributed by atoms with van der Waals surface area (Å²) in [5.41, 5.74) is 2.42. The molecule has 0 aromatic heterocycles. The number of aryl methyl sites for hydroxylation is 1. The second-order valence-corrected chi connectivity index (χ2v) is 6.70. The van der Waals surface area contributed by atoms with Gasteiger partial charge in [0.2, 0.25) is 0 Å². The highest BCUT2D eigenvalue weighted by Gasteiger charge is 2.52. The van der Waals surface area contributed by atoms with Gasteiger partial charge in [-0.2, -0.15) is 0 Å². The van der Waals surface area contributed by atoms with Gasteiger partial charge in [0.25, 0.3) is 10.8 Å². The van der Waals surface area contributed by atoms with E-state index in [4.69, 9.17) is 4.74 Å². The van der Waals surface area contributed by atoms with Crippen LogP contribution >= 0.6 is 11.8 Å². The van der Waals surface area contributed by atoms with Crippen molar-refractivity contribution in [3.8, 4) is 0 Å². The van der Waals surface area contributed by atoms with Crippen molar-refractivity contribution in [2.75, 3.05) is 17.2 Å². The van der Waals surface area contributed by atoms with Gasteiger partial charge in [0.05, 0.1) is 12.3 Å². The summed E-state index contributed by atoms with van der Waals surface area (Å²) in [4.78, 5) is 24.7. The summed E-state index contributed by atoms with van der Waals surface area (Å²) in [5.74, 6) is -1.05. The van der Waals surface area contributed by atoms with Crippen molar-refractivity contribution >= 4 is 35.0 Å². The van der Waals surface area contributed by atoms with E-state index in [0.29, 0.717) is 11.4 Å². The summed E-state index contributed by atoms with van der Waals surface area (Å²) in [6, 6.07) is 14.9. The topological polar surface area (TPSA) is 67.4 Å². The summed E-state index contributed by atoms with van der Waals surface area (Å²) in [5, 5.41) is 5.88. The van der Waals surface area contributed by atoms with Gasteiger partial charge in [-0.05, 0) is 43.7 Å².